The summed E-state index contributed by atoms with van der Waals surface area (Å²) in [5, 5.41) is 0. The highest BCUT2D eigenvalue weighted by molar-refractivity contribution is 5.57. The summed E-state index contributed by atoms with van der Waals surface area (Å²) in [5.41, 5.74) is -0.108. The summed E-state index contributed by atoms with van der Waals surface area (Å²) >= 11 is 0. The normalized spacial score (nSPS) is 36.9. The lowest BCUT2D eigenvalue weighted by Gasteiger charge is -2.25. The van der Waals surface area contributed by atoms with Crippen molar-refractivity contribution in [3.05, 3.63) is 12.2 Å². The van der Waals surface area contributed by atoms with Crippen LogP contribution in [0.2, 0.25) is 0 Å². The van der Waals surface area contributed by atoms with Gasteiger partial charge in [-0.1, -0.05) is 26.0 Å². The van der Waals surface area contributed by atoms with E-state index in [0.717, 1.165) is 30.5 Å². The molecule has 0 amide bonds. The van der Waals surface area contributed by atoms with Crippen LogP contribution in [0, 0.1) is 23.2 Å². The van der Waals surface area contributed by atoms with E-state index in [9.17, 15) is 4.79 Å². The first-order valence-corrected chi connectivity index (χ1v) is 5.25. The van der Waals surface area contributed by atoms with Crippen LogP contribution in [-0.4, -0.2) is 6.29 Å². The molecule has 1 heteroatoms. The zero-order valence-electron chi connectivity index (χ0n) is 8.49. The molecule has 0 saturated heterocycles. The Bertz CT molecular complexity index is 240. The van der Waals surface area contributed by atoms with E-state index in [4.69, 9.17) is 0 Å². The van der Waals surface area contributed by atoms with Gasteiger partial charge < -0.3 is 4.79 Å². The second-order valence-electron chi connectivity index (χ2n) is 5.35. The fourth-order valence-electron chi connectivity index (χ4n) is 2.85. The quantitative estimate of drug-likeness (QED) is 0.480. The van der Waals surface area contributed by atoms with Gasteiger partial charge in [0.15, 0.2) is 0 Å². The molecule has 3 atom stereocenters. The largest absolute Gasteiger partial charge is 0.303 e. The second-order valence-corrected chi connectivity index (χ2v) is 5.35. The van der Waals surface area contributed by atoms with Crippen molar-refractivity contribution in [1.29, 1.82) is 0 Å². The first kappa shape index (κ1) is 8.98. The first-order valence-electron chi connectivity index (χ1n) is 5.25. The van der Waals surface area contributed by atoms with E-state index in [1.807, 2.05) is 0 Å². The fraction of sp³-hybridized carbons (Fsp3) is 0.750. The maximum atomic E-state index is 10.8. The topological polar surface area (TPSA) is 17.1 Å². The molecule has 2 rings (SSSR count). The van der Waals surface area contributed by atoms with E-state index < -0.39 is 0 Å². The molecular formula is C12H18O. The zero-order valence-corrected chi connectivity index (χ0v) is 8.49. The maximum Gasteiger partial charge on any atom is 0.125 e. The molecule has 1 nitrogen and oxygen atoms in total. The van der Waals surface area contributed by atoms with Crippen LogP contribution in [-0.2, 0) is 4.79 Å². The number of hydrogen-bond donors (Lipinski definition) is 0. The molecule has 0 aromatic rings. The summed E-state index contributed by atoms with van der Waals surface area (Å²) < 4.78 is 0. The minimum Gasteiger partial charge on any atom is -0.303 e. The molecule has 13 heavy (non-hydrogen) atoms. The Morgan fingerprint density at radius 1 is 1.38 bits per heavy atom. The van der Waals surface area contributed by atoms with Crippen molar-refractivity contribution < 1.29 is 4.79 Å². The van der Waals surface area contributed by atoms with Crippen molar-refractivity contribution in [1.82, 2.24) is 0 Å². The van der Waals surface area contributed by atoms with Crippen molar-refractivity contribution in [3.8, 4) is 0 Å². The number of carbonyl (C=O) groups is 1. The standard InChI is InChI=1S/C12H18O/c1-12(2,8-13)7-11-6-9-3-4-10(11)5-9/h3-4,8-11H,5-7H2,1-2H3. The summed E-state index contributed by atoms with van der Waals surface area (Å²) in [5.74, 6) is 2.39. The molecule has 0 aromatic heterocycles. The lowest BCUT2D eigenvalue weighted by Crippen LogP contribution is -2.20. The molecule has 1 fully saturated rings. The van der Waals surface area contributed by atoms with Crippen LogP contribution in [0.15, 0.2) is 12.2 Å². The monoisotopic (exact) mass is 178 g/mol. The smallest absolute Gasteiger partial charge is 0.125 e. The Hall–Kier alpha value is -0.590. The molecule has 1 saturated carbocycles. The van der Waals surface area contributed by atoms with E-state index in [1.54, 1.807) is 0 Å². The summed E-state index contributed by atoms with van der Waals surface area (Å²) in [6.07, 6.45) is 9.57. The summed E-state index contributed by atoms with van der Waals surface area (Å²) in [4.78, 5) is 10.8. The summed E-state index contributed by atoms with van der Waals surface area (Å²) in [7, 11) is 0. The van der Waals surface area contributed by atoms with Crippen LogP contribution in [0.3, 0.4) is 0 Å². The van der Waals surface area contributed by atoms with Gasteiger partial charge in [-0.2, -0.15) is 0 Å². The van der Waals surface area contributed by atoms with Crippen molar-refractivity contribution in [3.63, 3.8) is 0 Å². The molecular weight excluding hydrogens is 160 g/mol. The third kappa shape index (κ3) is 1.70. The van der Waals surface area contributed by atoms with E-state index in [1.165, 1.54) is 12.8 Å². The Kier molecular flexibility index (Phi) is 2.05. The lowest BCUT2D eigenvalue weighted by atomic mass is 9.78. The van der Waals surface area contributed by atoms with Crippen LogP contribution in [0.5, 0.6) is 0 Å². The molecule has 72 valence electrons. The SMILES string of the molecule is CC(C)(C=O)CC1CC2C=CC1C2. The number of rotatable bonds is 3. The Morgan fingerprint density at radius 2 is 2.15 bits per heavy atom. The average Bonchev–Trinajstić information content (AvgIpc) is 2.64. The highest BCUT2D eigenvalue weighted by Gasteiger charge is 2.38. The molecule has 2 bridgehead atoms. The van der Waals surface area contributed by atoms with E-state index in [-0.39, 0.29) is 5.41 Å². The van der Waals surface area contributed by atoms with Gasteiger partial charge in [-0.3, -0.25) is 0 Å². The van der Waals surface area contributed by atoms with Gasteiger partial charge in [0, 0.05) is 5.41 Å². The van der Waals surface area contributed by atoms with E-state index >= 15 is 0 Å². The summed E-state index contributed by atoms with van der Waals surface area (Å²) in [6.45, 7) is 4.10. The molecule has 2 aliphatic rings. The predicted octanol–water partition coefficient (Wildman–Crippen LogP) is 2.81. The Labute approximate surface area is 80.2 Å². The highest BCUT2D eigenvalue weighted by Crippen LogP contribution is 2.47. The predicted molar refractivity (Wildman–Crippen MR) is 53.3 cm³/mol. The van der Waals surface area contributed by atoms with Gasteiger partial charge >= 0.3 is 0 Å². The Morgan fingerprint density at radius 3 is 2.62 bits per heavy atom. The number of fused-ring (bicyclic) bond motifs is 2. The van der Waals surface area contributed by atoms with Gasteiger partial charge in [0.1, 0.15) is 6.29 Å². The molecule has 0 spiro atoms. The molecule has 0 aromatic carbocycles. The molecule has 0 aliphatic heterocycles. The zero-order chi connectivity index (χ0) is 9.47. The van der Waals surface area contributed by atoms with Crippen LogP contribution in [0.25, 0.3) is 0 Å². The molecule has 3 unspecified atom stereocenters. The van der Waals surface area contributed by atoms with Crippen LogP contribution < -0.4 is 0 Å². The third-order valence-electron chi connectivity index (χ3n) is 3.52. The van der Waals surface area contributed by atoms with Gasteiger partial charge in [0.05, 0.1) is 0 Å². The maximum absolute atomic E-state index is 10.8. The van der Waals surface area contributed by atoms with Gasteiger partial charge in [-0.05, 0) is 37.0 Å². The number of hydrogen-bond acceptors (Lipinski definition) is 1. The molecule has 2 aliphatic carbocycles. The molecule has 0 radical (unpaired) electrons. The third-order valence-corrected chi connectivity index (χ3v) is 3.52. The van der Waals surface area contributed by atoms with Crippen molar-refractivity contribution in [2.75, 3.05) is 0 Å². The number of aldehydes is 1. The van der Waals surface area contributed by atoms with E-state index in [2.05, 4.69) is 26.0 Å². The van der Waals surface area contributed by atoms with Gasteiger partial charge in [-0.15, -0.1) is 0 Å². The minimum absolute atomic E-state index is 0.108. The van der Waals surface area contributed by atoms with Crippen LogP contribution >= 0.6 is 0 Å². The van der Waals surface area contributed by atoms with Gasteiger partial charge in [0.2, 0.25) is 0 Å². The van der Waals surface area contributed by atoms with Crippen molar-refractivity contribution in [2.45, 2.75) is 33.1 Å². The van der Waals surface area contributed by atoms with E-state index in [0.29, 0.717) is 0 Å². The average molecular weight is 178 g/mol. The molecule has 0 heterocycles. The molecule has 0 N–H and O–H groups in total. The number of carbonyl (C=O) groups excluding carboxylic acids is 1. The van der Waals surface area contributed by atoms with Crippen molar-refractivity contribution in [2.24, 2.45) is 23.2 Å². The number of allylic oxidation sites excluding steroid dienone is 2. The first-order chi connectivity index (χ1) is 6.11. The fourth-order valence-corrected chi connectivity index (χ4v) is 2.85. The van der Waals surface area contributed by atoms with Crippen LogP contribution in [0.1, 0.15) is 33.1 Å². The van der Waals surface area contributed by atoms with Gasteiger partial charge in [0.25, 0.3) is 0 Å². The Balaban J connectivity index is 1.97. The van der Waals surface area contributed by atoms with Crippen LogP contribution in [0.4, 0.5) is 0 Å². The van der Waals surface area contributed by atoms with Crippen molar-refractivity contribution >= 4 is 6.29 Å². The van der Waals surface area contributed by atoms with Gasteiger partial charge in [-0.25, -0.2) is 0 Å². The minimum atomic E-state index is -0.108. The summed E-state index contributed by atoms with van der Waals surface area (Å²) in [6, 6.07) is 0. The lowest BCUT2D eigenvalue weighted by molar-refractivity contribution is -0.115. The highest BCUT2D eigenvalue weighted by atomic mass is 16.1. The second kappa shape index (κ2) is 2.97.